The van der Waals surface area contributed by atoms with E-state index in [1.807, 2.05) is 71.1 Å². The van der Waals surface area contributed by atoms with Crippen LogP contribution in [0, 0.1) is 0 Å². The molecule has 0 radical (unpaired) electrons. The average Bonchev–Trinajstić information content (AvgIpc) is 3.33. The van der Waals surface area contributed by atoms with Crippen molar-refractivity contribution in [1.29, 1.82) is 0 Å². The molecule has 0 spiro atoms. The van der Waals surface area contributed by atoms with E-state index >= 15 is 0 Å². The first-order valence-corrected chi connectivity index (χ1v) is 12.7. The van der Waals surface area contributed by atoms with Gasteiger partial charge in [0.05, 0.1) is 17.4 Å². The molecular weight excluding hydrogens is 472 g/mol. The van der Waals surface area contributed by atoms with E-state index in [-0.39, 0.29) is 11.2 Å². The number of nitrogens with zero attached hydrogens (tertiary/aromatic N) is 4. The number of aryl methyl sites for hydroxylation is 1. The van der Waals surface area contributed by atoms with Crippen LogP contribution in [-0.4, -0.2) is 19.2 Å². The first kappa shape index (κ1) is 22.3. The molecule has 0 saturated heterocycles. The molecule has 0 aliphatic rings. The highest BCUT2D eigenvalue weighted by atomic mass is 32.2. The van der Waals surface area contributed by atoms with E-state index in [4.69, 9.17) is 4.42 Å². The second-order valence-electron chi connectivity index (χ2n) is 8.58. The monoisotopic (exact) mass is 494 g/mol. The van der Waals surface area contributed by atoms with Crippen molar-refractivity contribution in [2.45, 2.75) is 30.8 Å². The molecule has 3 aromatic heterocycles. The molecule has 6 aromatic rings. The van der Waals surface area contributed by atoms with Gasteiger partial charge in [-0.2, -0.15) is 0 Å². The molecule has 7 nitrogen and oxygen atoms in total. The minimum absolute atomic E-state index is 0.107. The van der Waals surface area contributed by atoms with Crippen molar-refractivity contribution in [2.75, 3.05) is 0 Å². The number of fused-ring (bicyclic) bond motifs is 4. The van der Waals surface area contributed by atoms with E-state index < -0.39 is 0 Å². The molecule has 0 amide bonds. The summed E-state index contributed by atoms with van der Waals surface area (Å²) < 4.78 is 9.04. The van der Waals surface area contributed by atoms with Crippen molar-refractivity contribution in [2.24, 2.45) is 0 Å². The quantitative estimate of drug-likeness (QED) is 0.238. The van der Waals surface area contributed by atoms with Crippen LogP contribution in [0.4, 0.5) is 0 Å². The number of hydrogen-bond donors (Lipinski definition) is 0. The maximum atomic E-state index is 13.4. The normalized spacial score (nSPS) is 11.6. The van der Waals surface area contributed by atoms with Gasteiger partial charge in [0.2, 0.25) is 5.78 Å². The van der Waals surface area contributed by atoms with Crippen molar-refractivity contribution in [3.63, 3.8) is 0 Å². The van der Waals surface area contributed by atoms with E-state index in [1.54, 1.807) is 4.57 Å². The van der Waals surface area contributed by atoms with Crippen LogP contribution in [0.25, 0.3) is 27.6 Å². The van der Waals surface area contributed by atoms with Gasteiger partial charge in [0, 0.05) is 17.2 Å². The van der Waals surface area contributed by atoms with Gasteiger partial charge in [0.15, 0.2) is 5.16 Å². The van der Waals surface area contributed by atoms with Gasteiger partial charge in [-0.05, 0) is 41.3 Å². The number of hydrogen-bond acceptors (Lipinski definition) is 6. The molecule has 0 aliphatic heterocycles. The largest absolute Gasteiger partial charge is 0.423 e. The van der Waals surface area contributed by atoms with E-state index in [9.17, 15) is 9.59 Å². The zero-order chi connectivity index (χ0) is 24.6. The molecular formula is C28H22N4O3S. The van der Waals surface area contributed by atoms with Crippen LogP contribution in [0.1, 0.15) is 23.6 Å². The van der Waals surface area contributed by atoms with Gasteiger partial charge < -0.3 is 4.42 Å². The molecule has 0 atom stereocenters. The molecule has 0 saturated carbocycles. The number of para-hydroxylation sites is 1. The topological polar surface area (TPSA) is 82.4 Å². The Balaban J connectivity index is 1.46. The fraction of sp³-hybridized carbons (Fsp3) is 0.143. The van der Waals surface area contributed by atoms with Gasteiger partial charge in [-0.25, -0.2) is 4.79 Å². The van der Waals surface area contributed by atoms with Crippen LogP contribution in [0.2, 0.25) is 0 Å². The molecule has 0 N–H and O–H groups in total. The third-order valence-electron chi connectivity index (χ3n) is 6.32. The number of rotatable bonds is 6. The maximum absolute atomic E-state index is 13.4. The number of benzene rings is 3. The molecule has 8 heteroatoms. The van der Waals surface area contributed by atoms with Gasteiger partial charge in [-0.1, -0.05) is 73.3 Å². The van der Waals surface area contributed by atoms with Gasteiger partial charge in [0.1, 0.15) is 5.58 Å². The zero-order valence-corrected chi connectivity index (χ0v) is 20.4. The molecule has 0 fully saturated rings. The first-order valence-electron chi connectivity index (χ1n) is 11.7. The van der Waals surface area contributed by atoms with Crippen LogP contribution < -0.4 is 11.2 Å². The van der Waals surface area contributed by atoms with Crippen molar-refractivity contribution < 1.29 is 4.42 Å². The third kappa shape index (κ3) is 3.89. The summed E-state index contributed by atoms with van der Waals surface area (Å²) in [6.45, 7) is 2.46. The third-order valence-corrected chi connectivity index (χ3v) is 7.30. The molecule has 6 rings (SSSR count). The fourth-order valence-corrected chi connectivity index (χ4v) is 5.42. The molecule has 178 valence electrons. The summed E-state index contributed by atoms with van der Waals surface area (Å²) >= 11 is 1.47. The van der Waals surface area contributed by atoms with E-state index in [0.717, 1.165) is 34.0 Å². The Hall–Kier alpha value is -4.17. The van der Waals surface area contributed by atoms with Crippen molar-refractivity contribution in [3.05, 3.63) is 116 Å². The van der Waals surface area contributed by atoms with Gasteiger partial charge in [-0.15, -0.1) is 10.2 Å². The summed E-state index contributed by atoms with van der Waals surface area (Å²) in [6, 6.07) is 24.8. The Bertz CT molecular complexity index is 1850. The smallest absolute Gasteiger partial charge is 0.336 e. The summed E-state index contributed by atoms with van der Waals surface area (Å²) in [7, 11) is 0. The van der Waals surface area contributed by atoms with Crippen molar-refractivity contribution in [1.82, 2.24) is 19.2 Å². The zero-order valence-electron chi connectivity index (χ0n) is 19.5. The lowest BCUT2D eigenvalue weighted by Crippen LogP contribution is -2.24. The molecule has 0 bridgehead atoms. The van der Waals surface area contributed by atoms with Crippen LogP contribution in [0.3, 0.4) is 0 Å². The standard InChI is InChI=1S/C28H22N4O3S/c1-2-18-12-13-21-20(15-25(33)35-24(21)14-18)17-36-28-30-29-27-31(16-19-8-4-3-5-9-19)26(34)22-10-6-7-11-23(22)32(27)28/h3-15H,2,16-17H2,1H3. The number of thioether (sulfide) groups is 1. The van der Waals surface area contributed by atoms with Crippen molar-refractivity contribution in [3.8, 4) is 0 Å². The second-order valence-corrected chi connectivity index (χ2v) is 9.52. The first-order chi connectivity index (χ1) is 17.6. The Morgan fingerprint density at radius 3 is 2.50 bits per heavy atom. The SMILES string of the molecule is CCc1ccc2c(CSc3nnc4n(Cc5ccccc5)c(=O)c5ccccc5n34)cc(=O)oc2c1. The Labute approximate surface area is 210 Å². The summed E-state index contributed by atoms with van der Waals surface area (Å²) in [5.41, 5.74) is 3.84. The molecule has 0 unspecified atom stereocenters. The van der Waals surface area contributed by atoms with Crippen molar-refractivity contribution >= 4 is 39.4 Å². The lowest BCUT2D eigenvalue weighted by molar-refractivity contribution is 0.559. The Morgan fingerprint density at radius 1 is 0.861 bits per heavy atom. The van der Waals surface area contributed by atoms with Gasteiger partial charge in [-0.3, -0.25) is 13.8 Å². The summed E-state index contributed by atoms with van der Waals surface area (Å²) in [5.74, 6) is 0.982. The summed E-state index contributed by atoms with van der Waals surface area (Å²) in [5, 5.41) is 11.0. The average molecular weight is 495 g/mol. The Morgan fingerprint density at radius 2 is 1.67 bits per heavy atom. The van der Waals surface area contributed by atoms with E-state index in [1.165, 1.54) is 17.8 Å². The number of aromatic nitrogens is 4. The van der Waals surface area contributed by atoms with Crippen LogP contribution >= 0.6 is 11.8 Å². The minimum atomic E-state index is -0.375. The maximum Gasteiger partial charge on any atom is 0.336 e. The lowest BCUT2D eigenvalue weighted by atomic mass is 10.1. The fourth-order valence-electron chi connectivity index (χ4n) is 4.49. The van der Waals surface area contributed by atoms with Gasteiger partial charge >= 0.3 is 5.63 Å². The second kappa shape index (κ2) is 9.13. The molecule has 3 aromatic carbocycles. The predicted octanol–water partition coefficient (Wildman–Crippen LogP) is 5.05. The lowest BCUT2D eigenvalue weighted by Gasteiger charge is -2.11. The molecule has 0 aliphatic carbocycles. The van der Waals surface area contributed by atoms with Crippen LogP contribution in [0.15, 0.2) is 98.0 Å². The van der Waals surface area contributed by atoms with Crippen LogP contribution in [-0.2, 0) is 18.7 Å². The van der Waals surface area contributed by atoms with E-state index in [0.29, 0.717) is 34.2 Å². The predicted molar refractivity (Wildman–Crippen MR) is 142 cm³/mol. The van der Waals surface area contributed by atoms with Gasteiger partial charge in [0.25, 0.3) is 5.56 Å². The highest BCUT2D eigenvalue weighted by Crippen LogP contribution is 2.28. The minimum Gasteiger partial charge on any atom is -0.423 e. The van der Waals surface area contributed by atoms with Crippen LogP contribution in [0.5, 0.6) is 0 Å². The Kier molecular flexibility index (Phi) is 5.65. The summed E-state index contributed by atoms with van der Waals surface area (Å²) in [4.78, 5) is 25.7. The molecule has 36 heavy (non-hydrogen) atoms. The highest BCUT2D eigenvalue weighted by molar-refractivity contribution is 7.98. The van der Waals surface area contributed by atoms with E-state index in [2.05, 4.69) is 23.2 Å². The molecule has 3 heterocycles. The highest BCUT2D eigenvalue weighted by Gasteiger charge is 2.18. The summed E-state index contributed by atoms with van der Waals surface area (Å²) in [6.07, 6.45) is 0.863.